The van der Waals surface area contributed by atoms with Crippen LogP contribution < -0.4 is 33.7 Å². The van der Waals surface area contributed by atoms with Crippen LogP contribution >= 0.6 is 0 Å². The summed E-state index contributed by atoms with van der Waals surface area (Å²) in [5, 5.41) is 3.42. The fraction of sp³-hybridized carbons (Fsp3) is 0.400. The number of nitrogens with one attached hydrogen (secondary N) is 2. The maximum absolute atomic E-state index is 13.1. The first kappa shape index (κ1) is 31.1. The normalized spacial score (nSPS) is 12.0. The smallest absolute Gasteiger partial charge is 0.244 e. The third-order valence-electron chi connectivity index (χ3n) is 5.86. The van der Waals surface area contributed by atoms with Gasteiger partial charge in [0.2, 0.25) is 10.0 Å². The standard InChI is InChI=1S/C30H40N2O7S/c1-5-36-25-11-7-9-13-27(25)38-19-17-31-23(3)21-24-15-16-29(35-4)30(22-24)40(33,34)32-18-20-39-28-14-10-8-12-26(28)37-6-2/h7-16,22-23,31-32H,5-6,17-21H2,1-4H3/t23-/m1/s1. The van der Waals surface area contributed by atoms with E-state index in [1.54, 1.807) is 18.2 Å². The van der Waals surface area contributed by atoms with Crippen molar-refractivity contribution in [2.24, 2.45) is 0 Å². The Morgan fingerprint density at radius 3 is 1.77 bits per heavy atom. The van der Waals surface area contributed by atoms with Crippen molar-refractivity contribution in [1.29, 1.82) is 0 Å². The lowest BCUT2D eigenvalue weighted by Gasteiger charge is -2.17. The van der Waals surface area contributed by atoms with Gasteiger partial charge in [-0.25, -0.2) is 13.1 Å². The summed E-state index contributed by atoms with van der Waals surface area (Å²) < 4.78 is 57.0. The van der Waals surface area contributed by atoms with Gasteiger partial charge in [-0.15, -0.1) is 0 Å². The van der Waals surface area contributed by atoms with Crippen LogP contribution in [0.25, 0.3) is 0 Å². The molecular weight excluding hydrogens is 532 g/mol. The van der Waals surface area contributed by atoms with Crippen molar-refractivity contribution in [3.63, 3.8) is 0 Å². The number of hydrogen-bond acceptors (Lipinski definition) is 8. The average molecular weight is 573 g/mol. The highest BCUT2D eigenvalue weighted by atomic mass is 32.2. The highest BCUT2D eigenvalue weighted by Crippen LogP contribution is 2.28. The van der Waals surface area contributed by atoms with Crippen molar-refractivity contribution < 1.29 is 32.1 Å². The Kier molecular flexibility index (Phi) is 12.4. The SMILES string of the molecule is CCOc1ccccc1OCCN[C@H](C)Cc1ccc(OC)c(S(=O)(=O)NCCOc2ccccc2OCC)c1. The van der Waals surface area contributed by atoms with Gasteiger partial charge in [0.1, 0.15) is 23.9 Å². The third-order valence-corrected chi connectivity index (χ3v) is 7.34. The van der Waals surface area contributed by atoms with Gasteiger partial charge in [-0.1, -0.05) is 30.3 Å². The van der Waals surface area contributed by atoms with Crippen molar-refractivity contribution in [3.05, 3.63) is 72.3 Å². The topological polar surface area (TPSA) is 104 Å². The molecule has 218 valence electrons. The van der Waals surface area contributed by atoms with Gasteiger partial charge in [0, 0.05) is 19.1 Å². The molecule has 3 aromatic carbocycles. The maximum atomic E-state index is 13.1. The van der Waals surface area contributed by atoms with Crippen LogP contribution in [-0.4, -0.2) is 61.1 Å². The molecule has 0 amide bonds. The number of methoxy groups -OCH3 is 1. The molecule has 40 heavy (non-hydrogen) atoms. The zero-order valence-corrected chi connectivity index (χ0v) is 24.5. The van der Waals surface area contributed by atoms with Gasteiger partial charge in [-0.3, -0.25) is 0 Å². The molecule has 0 saturated carbocycles. The lowest BCUT2D eigenvalue weighted by Crippen LogP contribution is -2.32. The summed E-state index contributed by atoms with van der Waals surface area (Å²) in [6.45, 7) is 8.27. The molecule has 0 aliphatic heterocycles. The molecule has 1 atom stereocenters. The first-order chi connectivity index (χ1) is 19.4. The van der Waals surface area contributed by atoms with Crippen molar-refractivity contribution >= 4 is 10.0 Å². The molecular formula is C30H40N2O7S. The Morgan fingerprint density at radius 2 is 1.25 bits per heavy atom. The minimum atomic E-state index is -3.84. The van der Waals surface area contributed by atoms with E-state index in [1.807, 2.05) is 69.3 Å². The maximum Gasteiger partial charge on any atom is 0.244 e. The van der Waals surface area contributed by atoms with E-state index in [9.17, 15) is 8.42 Å². The zero-order valence-electron chi connectivity index (χ0n) is 23.6. The monoisotopic (exact) mass is 572 g/mol. The zero-order chi connectivity index (χ0) is 28.8. The van der Waals surface area contributed by atoms with E-state index in [0.29, 0.717) is 50.0 Å². The van der Waals surface area contributed by atoms with Crippen LogP contribution in [-0.2, 0) is 16.4 Å². The second-order valence-electron chi connectivity index (χ2n) is 8.90. The third kappa shape index (κ3) is 9.32. The van der Waals surface area contributed by atoms with E-state index in [-0.39, 0.29) is 29.8 Å². The van der Waals surface area contributed by atoms with E-state index in [4.69, 9.17) is 23.7 Å². The van der Waals surface area contributed by atoms with Crippen molar-refractivity contribution in [3.8, 4) is 28.7 Å². The first-order valence-electron chi connectivity index (χ1n) is 13.5. The molecule has 10 heteroatoms. The highest BCUT2D eigenvalue weighted by molar-refractivity contribution is 7.89. The van der Waals surface area contributed by atoms with Gasteiger partial charge in [-0.05, 0) is 69.2 Å². The summed E-state index contributed by atoms with van der Waals surface area (Å²) in [5.41, 5.74) is 0.866. The van der Waals surface area contributed by atoms with Crippen LogP contribution in [0.5, 0.6) is 28.7 Å². The second kappa shape index (κ2) is 16.0. The largest absolute Gasteiger partial charge is 0.495 e. The molecule has 3 rings (SSSR count). The van der Waals surface area contributed by atoms with Crippen LogP contribution in [0.15, 0.2) is 71.6 Å². The van der Waals surface area contributed by atoms with Crippen molar-refractivity contribution in [1.82, 2.24) is 10.0 Å². The molecule has 3 aromatic rings. The predicted octanol–water partition coefficient (Wildman–Crippen LogP) is 4.45. The van der Waals surface area contributed by atoms with Crippen molar-refractivity contribution in [2.45, 2.75) is 38.1 Å². The Hall–Kier alpha value is -3.47. The van der Waals surface area contributed by atoms with Crippen LogP contribution in [0.2, 0.25) is 0 Å². The Labute approximate surface area is 237 Å². The summed E-state index contributed by atoms with van der Waals surface area (Å²) in [4.78, 5) is 0.0882. The summed E-state index contributed by atoms with van der Waals surface area (Å²) >= 11 is 0. The molecule has 0 aliphatic rings. The fourth-order valence-electron chi connectivity index (χ4n) is 4.05. The summed E-state index contributed by atoms with van der Waals surface area (Å²) in [7, 11) is -2.38. The molecule has 0 saturated heterocycles. The molecule has 9 nitrogen and oxygen atoms in total. The summed E-state index contributed by atoms with van der Waals surface area (Å²) in [6.07, 6.45) is 0.624. The van der Waals surface area contributed by atoms with Gasteiger partial charge in [0.05, 0.1) is 20.3 Å². The van der Waals surface area contributed by atoms with E-state index in [0.717, 1.165) is 11.3 Å². The molecule has 0 unspecified atom stereocenters. The molecule has 0 radical (unpaired) electrons. The van der Waals surface area contributed by atoms with Crippen molar-refractivity contribution in [2.75, 3.05) is 46.6 Å². The molecule has 0 heterocycles. The first-order valence-corrected chi connectivity index (χ1v) is 15.0. The quantitative estimate of drug-likeness (QED) is 0.216. The minimum absolute atomic E-state index is 0.0839. The molecule has 0 fully saturated rings. The number of hydrogen-bond donors (Lipinski definition) is 2. The van der Waals surface area contributed by atoms with Crippen LogP contribution in [0, 0.1) is 0 Å². The number of ether oxygens (including phenoxy) is 5. The van der Waals surface area contributed by atoms with Crippen LogP contribution in [0.3, 0.4) is 0 Å². The molecule has 2 N–H and O–H groups in total. The van der Waals surface area contributed by atoms with E-state index in [2.05, 4.69) is 10.0 Å². The van der Waals surface area contributed by atoms with Gasteiger partial charge < -0.3 is 29.0 Å². The molecule has 0 aromatic heterocycles. The predicted molar refractivity (Wildman–Crippen MR) is 156 cm³/mol. The summed E-state index contributed by atoms with van der Waals surface area (Å²) in [5.74, 6) is 2.89. The van der Waals surface area contributed by atoms with E-state index < -0.39 is 10.0 Å². The minimum Gasteiger partial charge on any atom is -0.495 e. The summed E-state index contributed by atoms with van der Waals surface area (Å²) in [6, 6.07) is 20.2. The Morgan fingerprint density at radius 1 is 0.725 bits per heavy atom. The van der Waals surface area contributed by atoms with Crippen LogP contribution in [0.1, 0.15) is 26.3 Å². The Balaban J connectivity index is 1.52. The number of para-hydroxylation sites is 4. The lowest BCUT2D eigenvalue weighted by molar-refractivity contribution is 0.272. The molecule has 0 bridgehead atoms. The number of benzene rings is 3. The van der Waals surface area contributed by atoms with E-state index >= 15 is 0 Å². The number of sulfonamides is 1. The molecule has 0 aliphatic carbocycles. The molecule has 0 spiro atoms. The Bertz CT molecular complexity index is 1300. The van der Waals surface area contributed by atoms with Crippen LogP contribution in [0.4, 0.5) is 0 Å². The second-order valence-corrected chi connectivity index (χ2v) is 10.6. The lowest BCUT2D eigenvalue weighted by atomic mass is 10.1. The van der Waals surface area contributed by atoms with Gasteiger partial charge >= 0.3 is 0 Å². The van der Waals surface area contributed by atoms with Gasteiger partial charge in [0.25, 0.3) is 0 Å². The van der Waals surface area contributed by atoms with E-state index in [1.165, 1.54) is 7.11 Å². The van der Waals surface area contributed by atoms with Gasteiger partial charge in [0.15, 0.2) is 23.0 Å². The number of rotatable bonds is 18. The average Bonchev–Trinajstić information content (AvgIpc) is 2.95. The van der Waals surface area contributed by atoms with Gasteiger partial charge in [-0.2, -0.15) is 0 Å². The fourth-order valence-corrected chi connectivity index (χ4v) is 5.28. The highest BCUT2D eigenvalue weighted by Gasteiger charge is 2.20.